The Bertz CT molecular complexity index is 90.4. The van der Waals surface area contributed by atoms with Crippen molar-refractivity contribution in [2.45, 2.75) is 0 Å². The van der Waals surface area contributed by atoms with Gasteiger partial charge in [-0.15, -0.1) is 18.3 Å². The van der Waals surface area contributed by atoms with E-state index in [2.05, 4.69) is 18.6 Å². The Balaban J connectivity index is 3.11. The smallest absolute Gasteiger partial charge is 0.0752 e. The van der Waals surface area contributed by atoms with E-state index < -0.39 is 0 Å². The summed E-state index contributed by atoms with van der Waals surface area (Å²) in [5.74, 6) is 5.86. The lowest BCUT2D eigenvalue weighted by Crippen LogP contribution is -2.18. The first-order valence-corrected chi connectivity index (χ1v) is 3.19. The van der Waals surface area contributed by atoms with Gasteiger partial charge >= 0.3 is 0 Å². The van der Waals surface area contributed by atoms with Crippen molar-refractivity contribution in [1.29, 1.82) is 0 Å². The summed E-state index contributed by atoms with van der Waals surface area (Å²) in [5.41, 5.74) is 2.42. The van der Waals surface area contributed by atoms with E-state index in [1.165, 1.54) is 11.8 Å². The second-order valence-electron chi connectivity index (χ2n) is 1.17. The summed E-state index contributed by atoms with van der Waals surface area (Å²) in [4.78, 5) is 0. The van der Waals surface area contributed by atoms with E-state index in [9.17, 15) is 0 Å². The van der Waals surface area contributed by atoms with E-state index in [4.69, 9.17) is 5.84 Å². The summed E-state index contributed by atoms with van der Waals surface area (Å²) in [6, 6.07) is 0. The van der Waals surface area contributed by atoms with Crippen LogP contribution in [0.15, 0.2) is 24.3 Å². The van der Waals surface area contributed by atoms with Gasteiger partial charge in [0.15, 0.2) is 0 Å². The fourth-order valence-electron chi connectivity index (χ4n) is 0.201. The normalized spacial score (nSPS) is 8.12. The Morgan fingerprint density at radius 2 is 2.50 bits per heavy atom. The van der Waals surface area contributed by atoms with Gasteiger partial charge in [0.05, 0.1) is 5.03 Å². The highest BCUT2D eigenvalue weighted by Crippen LogP contribution is 2.06. The Kier molecular flexibility index (Phi) is 4.50. The summed E-state index contributed by atoms with van der Waals surface area (Å²) in [7, 11) is 0. The Morgan fingerprint density at radius 3 is 2.88 bits per heavy atom. The largest absolute Gasteiger partial charge is 0.319 e. The second kappa shape index (κ2) is 4.74. The first-order valence-electron chi connectivity index (χ1n) is 2.20. The molecule has 0 bridgehead atoms. The summed E-state index contributed by atoms with van der Waals surface area (Å²) >= 11 is 1.53. The van der Waals surface area contributed by atoms with Crippen LogP contribution in [0.1, 0.15) is 0 Å². The predicted molar refractivity (Wildman–Crippen MR) is 39.1 cm³/mol. The molecule has 0 rings (SSSR count). The fourth-order valence-corrected chi connectivity index (χ4v) is 0.604. The maximum absolute atomic E-state index is 5.01. The summed E-state index contributed by atoms with van der Waals surface area (Å²) in [6.45, 7) is 7.13. The minimum atomic E-state index is 0.768. The molecule has 3 heteroatoms. The average molecular weight is 130 g/mol. The van der Waals surface area contributed by atoms with E-state index >= 15 is 0 Å². The molecule has 0 saturated heterocycles. The highest BCUT2D eigenvalue weighted by molar-refractivity contribution is 8.03. The lowest BCUT2D eigenvalue weighted by molar-refractivity contribution is 0.954. The minimum absolute atomic E-state index is 0.768. The number of thioether (sulfide) groups is 1. The van der Waals surface area contributed by atoms with Gasteiger partial charge in [0.25, 0.3) is 0 Å². The summed E-state index contributed by atoms with van der Waals surface area (Å²) in [5, 5.41) is 0.768. The molecule has 46 valence electrons. The third kappa shape index (κ3) is 3.77. The standard InChI is InChI=1S/C5H10N2S/c1-3-4-8-5(2)7-6/h3,7H,1-2,4,6H2. The number of hydrogen-bond acceptors (Lipinski definition) is 3. The molecule has 0 atom stereocenters. The Morgan fingerprint density at radius 1 is 1.88 bits per heavy atom. The van der Waals surface area contributed by atoms with Crippen molar-refractivity contribution >= 4 is 11.8 Å². The number of hydrazine groups is 1. The molecule has 0 fully saturated rings. The quantitative estimate of drug-likeness (QED) is 0.336. The molecule has 0 unspecified atom stereocenters. The molecule has 0 saturated carbocycles. The molecule has 0 aromatic carbocycles. The van der Waals surface area contributed by atoms with Gasteiger partial charge in [-0.25, -0.2) is 0 Å². The van der Waals surface area contributed by atoms with Crippen LogP contribution in [-0.4, -0.2) is 5.75 Å². The van der Waals surface area contributed by atoms with Crippen molar-refractivity contribution in [2.24, 2.45) is 5.84 Å². The van der Waals surface area contributed by atoms with Crippen molar-refractivity contribution in [2.75, 3.05) is 5.75 Å². The fraction of sp³-hybridized carbons (Fsp3) is 0.200. The molecule has 0 aliphatic rings. The van der Waals surface area contributed by atoms with E-state index in [0.29, 0.717) is 0 Å². The summed E-state index contributed by atoms with van der Waals surface area (Å²) in [6.07, 6.45) is 1.80. The van der Waals surface area contributed by atoms with Gasteiger partial charge in [-0.1, -0.05) is 12.7 Å². The topological polar surface area (TPSA) is 38.0 Å². The van der Waals surface area contributed by atoms with Crippen molar-refractivity contribution < 1.29 is 0 Å². The van der Waals surface area contributed by atoms with Gasteiger partial charge in [-0.05, 0) is 0 Å². The molecule has 0 aromatic heterocycles. The molecule has 0 radical (unpaired) electrons. The molecule has 0 aromatic rings. The van der Waals surface area contributed by atoms with Crippen LogP contribution < -0.4 is 11.3 Å². The van der Waals surface area contributed by atoms with E-state index in [1.54, 1.807) is 6.08 Å². The SMILES string of the molecule is C=CCSC(=C)NN. The van der Waals surface area contributed by atoms with Crippen LogP contribution in [0.5, 0.6) is 0 Å². The third-order valence-corrected chi connectivity index (χ3v) is 1.41. The van der Waals surface area contributed by atoms with Crippen LogP contribution >= 0.6 is 11.8 Å². The first kappa shape index (κ1) is 7.59. The zero-order valence-corrected chi connectivity index (χ0v) is 5.50. The summed E-state index contributed by atoms with van der Waals surface area (Å²) < 4.78 is 0. The molecule has 0 spiro atoms. The van der Waals surface area contributed by atoms with Crippen molar-refractivity contribution in [3.8, 4) is 0 Å². The number of hydrogen-bond donors (Lipinski definition) is 2. The van der Waals surface area contributed by atoms with Crippen LogP contribution in [0.2, 0.25) is 0 Å². The molecule has 0 amide bonds. The number of nitrogens with one attached hydrogen (secondary N) is 1. The average Bonchev–Trinajstić information content (AvgIpc) is 1.83. The molecule has 3 N–H and O–H groups in total. The molecular weight excluding hydrogens is 120 g/mol. The molecule has 0 heterocycles. The predicted octanol–water partition coefficient (Wildman–Crippen LogP) is 0.840. The Labute approximate surface area is 53.8 Å². The van der Waals surface area contributed by atoms with Crippen LogP contribution in [-0.2, 0) is 0 Å². The van der Waals surface area contributed by atoms with Crippen LogP contribution in [0.3, 0.4) is 0 Å². The van der Waals surface area contributed by atoms with Gasteiger partial charge in [0.1, 0.15) is 0 Å². The van der Waals surface area contributed by atoms with Gasteiger partial charge in [0, 0.05) is 5.75 Å². The zero-order chi connectivity index (χ0) is 6.41. The van der Waals surface area contributed by atoms with Gasteiger partial charge in [0.2, 0.25) is 0 Å². The van der Waals surface area contributed by atoms with E-state index in [-0.39, 0.29) is 0 Å². The number of rotatable bonds is 4. The lowest BCUT2D eigenvalue weighted by atomic mass is 10.8. The van der Waals surface area contributed by atoms with E-state index in [1.807, 2.05) is 0 Å². The van der Waals surface area contributed by atoms with Crippen LogP contribution in [0.25, 0.3) is 0 Å². The monoisotopic (exact) mass is 130 g/mol. The van der Waals surface area contributed by atoms with Crippen LogP contribution in [0.4, 0.5) is 0 Å². The van der Waals surface area contributed by atoms with Crippen LogP contribution in [0, 0.1) is 0 Å². The molecule has 0 aliphatic heterocycles. The van der Waals surface area contributed by atoms with E-state index in [0.717, 1.165) is 10.8 Å². The third-order valence-electron chi connectivity index (χ3n) is 0.536. The second-order valence-corrected chi connectivity index (χ2v) is 2.28. The minimum Gasteiger partial charge on any atom is -0.319 e. The molecule has 8 heavy (non-hydrogen) atoms. The number of nitrogens with two attached hydrogens (primary N) is 1. The van der Waals surface area contributed by atoms with Gasteiger partial charge in [-0.3, -0.25) is 5.84 Å². The molecule has 0 aliphatic carbocycles. The van der Waals surface area contributed by atoms with Crippen molar-refractivity contribution in [3.05, 3.63) is 24.3 Å². The highest BCUT2D eigenvalue weighted by atomic mass is 32.2. The zero-order valence-electron chi connectivity index (χ0n) is 4.68. The first-order chi connectivity index (χ1) is 3.81. The van der Waals surface area contributed by atoms with Crippen molar-refractivity contribution in [1.82, 2.24) is 5.43 Å². The molecule has 2 nitrogen and oxygen atoms in total. The molecular formula is C5H10N2S. The van der Waals surface area contributed by atoms with Gasteiger partial charge < -0.3 is 5.43 Å². The van der Waals surface area contributed by atoms with Crippen molar-refractivity contribution in [3.63, 3.8) is 0 Å². The maximum Gasteiger partial charge on any atom is 0.0752 e. The lowest BCUT2D eigenvalue weighted by Gasteiger charge is -1.98. The Hall–Kier alpha value is -0.410. The highest BCUT2D eigenvalue weighted by Gasteiger charge is 1.84. The van der Waals surface area contributed by atoms with Gasteiger partial charge in [-0.2, -0.15) is 0 Å². The maximum atomic E-state index is 5.01.